The zero-order chi connectivity index (χ0) is 13.1. The van der Waals surface area contributed by atoms with E-state index in [9.17, 15) is 9.18 Å². The van der Waals surface area contributed by atoms with E-state index in [1.54, 1.807) is 6.92 Å². The van der Waals surface area contributed by atoms with Gasteiger partial charge in [-0.1, -0.05) is 13.3 Å². The van der Waals surface area contributed by atoms with Gasteiger partial charge in [0.2, 0.25) is 0 Å². The number of benzene rings is 1. The SMILES string of the molecule is Cc1cc(F)ccc1C(=O)OC1CCCC(C)C1. The van der Waals surface area contributed by atoms with Crippen molar-refractivity contribution in [1.29, 1.82) is 0 Å². The number of rotatable bonds is 2. The first-order valence-corrected chi connectivity index (χ1v) is 6.53. The van der Waals surface area contributed by atoms with Crippen LogP contribution in [0.2, 0.25) is 0 Å². The summed E-state index contributed by atoms with van der Waals surface area (Å²) in [4.78, 5) is 12.0. The molecule has 0 aliphatic heterocycles. The van der Waals surface area contributed by atoms with Crippen molar-refractivity contribution in [3.8, 4) is 0 Å². The largest absolute Gasteiger partial charge is 0.459 e. The quantitative estimate of drug-likeness (QED) is 0.745. The Kier molecular flexibility index (Phi) is 4.00. The van der Waals surface area contributed by atoms with Crippen molar-refractivity contribution >= 4 is 5.97 Å². The minimum absolute atomic E-state index is 0.0192. The van der Waals surface area contributed by atoms with E-state index < -0.39 is 0 Å². The normalized spacial score (nSPS) is 23.7. The molecule has 0 N–H and O–H groups in total. The average molecular weight is 250 g/mol. The van der Waals surface area contributed by atoms with Crippen LogP contribution >= 0.6 is 0 Å². The van der Waals surface area contributed by atoms with Crippen molar-refractivity contribution in [3.63, 3.8) is 0 Å². The van der Waals surface area contributed by atoms with Gasteiger partial charge in [0.25, 0.3) is 0 Å². The highest BCUT2D eigenvalue weighted by molar-refractivity contribution is 5.91. The molecule has 0 aromatic heterocycles. The monoisotopic (exact) mass is 250 g/mol. The molecule has 0 amide bonds. The van der Waals surface area contributed by atoms with Crippen LogP contribution in [0.1, 0.15) is 48.5 Å². The van der Waals surface area contributed by atoms with Crippen LogP contribution in [0.4, 0.5) is 4.39 Å². The van der Waals surface area contributed by atoms with E-state index in [0.717, 1.165) is 19.3 Å². The predicted molar refractivity (Wildman–Crippen MR) is 68.0 cm³/mol. The molecule has 18 heavy (non-hydrogen) atoms. The zero-order valence-corrected chi connectivity index (χ0v) is 10.9. The maximum Gasteiger partial charge on any atom is 0.338 e. The van der Waals surface area contributed by atoms with Gasteiger partial charge in [0.05, 0.1) is 5.56 Å². The Morgan fingerprint density at radius 1 is 1.39 bits per heavy atom. The van der Waals surface area contributed by atoms with Gasteiger partial charge in [-0.2, -0.15) is 0 Å². The van der Waals surface area contributed by atoms with Gasteiger partial charge < -0.3 is 4.74 Å². The van der Waals surface area contributed by atoms with Gasteiger partial charge in [-0.25, -0.2) is 9.18 Å². The van der Waals surface area contributed by atoms with Crippen LogP contribution in [0.25, 0.3) is 0 Å². The molecule has 0 spiro atoms. The lowest BCUT2D eigenvalue weighted by Crippen LogP contribution is -2.24. The third-order valence-corrected chi connectivity index (χ3v) is 3.57. The van der Waals surface area contributed by atoms with Gasteiger partial charge in [-0.3, -0.25) is 0 Å². The molecule has 98 valence electrons. The number of carbonyl (C=O) groups excluding carboxylic acids is 1. The molecule has 2 unspecified atom stereocenters. The summed E-state index contributed by atoms with van der Waals surface area (Å²) in [5, 5.41) is 0. The van der Waals surface area contributed by atoms with Gasteiger partial charge in [-0.05, 0) is 55.9 Å². The Hall–Kier alpha value is -1.38. The Morgan fingerprint density at radius 3 is 2.83 bits per heavy atom. The van der Waals surface area contributed by atoms with Crippen molar-refractivity contribution in [2.24, 2.45) is 5.92 Å². The van der Waals surface area contributed by atoms with Crippen molar-refractivity contribution in [2.45, 2.75) is 45.6 Å². The molecule has 2 rings (SSSR count). The second kappa shape index (κ2) is 5.51. The Labute approximate surface area is 107 Å². The highest BCUT2D eigenvalue weighted by atomic mass is 19.1. The van der Waals surface area contributed by atoms with E-state index >= 15 is 0 Å². The van der Waals surface area contributed by atoms with E-state index in [1.165, 1.54) is 24.6 Å². The van der Waals surface area contributed by atoms with Gasteiger partial charge in [0.1, 0.15) is 11.9 Å². The van der Waals surface area contributed by atoms with Crippen LogP contribution < -0.4 is 0 Å². The fourth-order valence-electron chi connectivity index (χ4n) is 2.56. The standard InChI is InChI=1S/C15H19FO2/c1-10-4-3-5-13(8-10)18-15(17)14-7-6-12(16)9-11(14)2/h6-7,9-10,13H,3-5,8H2,1-2H3. The maximum atomic E-state index is 13.0. The number of hydrogen-bond acceptors (Lipinski definition) is 2. The lowest BCUT2D eigenvalue weighted by Gasteiger charge is -2.26. The van der Waals surface area contributed by atoms with Crippen molar-refractivity contribution < 1.29 is 13.9 Å². The van der Waals surface area contributed by atoms with Gasteiger partial charge >= 0.3 is 5.97 Å². The van der Waals surface area contributed by atoms with Gasteiger partial charge in [-0.15, -0.1) is 0 Å². The number of esters is 1. The maximum absolute atomic E-state index is 13.0. The molecule has 0 heterocycles. The number of aryl methyl sites for hydroxylation is 1. The second-order valence-electron chi connectivity index (χ2n) is 5.26. The molecule has 1 fully saturated rings. The first kappa shape index (κ1) is 13.1. The minimum atomic E-state index is -0.327. The predicted octanol–water partition coefficient (Wildman–Crippen LogP) is 3.87. The van der Waals surface area contributed by atoms with Crippen molar-refractivity contribution in [3.05, 3.63) is 35.1 Å². The molecule has 0 radical (unpaired) electrons. The first-order valence-electron chi connectivity index (χ1n) is 6.53. The summed E-state index contributed by atoms with van der Waals surface area (Å²) in [5.41, 5.74) is 1.10. The van der Waals surface area contributed by atoms with Crippen LogP contribution in [0, 0.1) is 18.7 Å². The van der Waals surface area contributed by atoms with Crippen LogP contribution in [0.3, 0.4) is 0 Å². The van der Waals surface area contributed by atoms with Crippen LogP contribution in [0.5, 0.6) is 0 Å². The van der Waals surface area contributed by atoms with E-state index in [-0.39, 0.29) is 17.9 Å². The van der Waals surface area contributed by atoms with Crippen LogP contribution in [0.15, 0.2) is 18.2 Å². The molecular formula is C15H19FO2. The fourth-order valence-corrected chi connectivity index (χ4v) is 2.56. The number of carbonyl (C=O) groups is 1. The summed E-state index contributed by atoms with van der Waals surface area (Å²) in [6, 6.07) is 4.16. The Morgan fingerprint density at radius 2 is 2.17 bits per heavy atom. The van der Waals surface area contributed by atoms with Crippen LogP contribution in [-0.4, -0.2) is 12.1 Å². The summed E-state index contributed by atoms with van der Waals surface area (Å²) >= 11 is 0. The van der Waals surface area contributed by atoms with Gasteiger partial charge in [0.15, 0.2) is 0 Å². The molecule has 0 saturated heterocycles. The molecule has 2 atom stereocenters. The number of halogens is 1. The third-order valence-electron chi connectivity index (χ3n) is 3.57. The molecular weight excluding hydrogens is 231 g/mol. The van der Waals surface area contributed by atoms with Gasteiger partial charge in [0, 0.05) is 0 Å². The van der Waals surface area contributed by atoms with E-state index in [0.29, 0.717) is 17.0 Å². The number of hydrogen-bond donors (Lipinski definition) is 0. The summed E-state index contributed by atoms with van der Waals surface area (Å²) in [6.07, 6.45) is 4.22. The molecule has 1 aliphatic rings. The summed E-state index contributed by atoms with van der Waals surface area (Å²) in [6.45, 7) is 3.91. The van der Waals surface area contributed by atoms with E-state index in [4.69, 9.17) is 4.74 Å². The zero-order valence-electron chi connectivity index (χ0n) is 10.9. The molecule has 1 aromatic carbocycles. The summed E-state index contributed by atoms with van der Waals surface area (Å²) in [5.74, 6) is -0.0344. The highest BCUT2D eigenvalue weighted by Crippen LogP contribution is 2.26. The highest BCUT2D eigenvalue weighted by Gasteiger charge is 2.23. The number of ether oxygens (including phenoxy) is 1. The van der Waals surface area contributed by atoms with Crippen LogP contribution in [-0.2, 0) is 4.74 Å². The lowest BCUT2D eigenvalue weighted by molar-refractivity contribution is 0.0154. The summed E-state index contributed by atoms with van der Waals surface area (Å²) < 4.78 is 18.5. The molecule has 3 heteroatoms. The molecule has 2 nitrogen and oxygen atoms in total. The average Bonchev–Trinajstić information content (AvgIpc) is 2.28. The third kappa shape index (κ3) is 3.09. The fraction of sp³-hybridized carbons (Fsp3) is 0.533. The first-order chi connectivity index (χ1) is 8.56. The summed E-state index contributed by atoms with van der Waals surface area (Å²) in [7, 11) is 0. The molecule has 1 aliphatic carbocycles. The van der Waals surface area contributed by atoms with Crippen molar-refractivity contribution in [1.82, 2.24) is 0 Å². The van der Waals surface area contributed by atoms with E-state index in [1.807, 2.05) is 0 Å². The smallest absolute Gasteiger partial charge is 0.338 e. The minimum Gasteiger partial charge on any atom is -0.459 e. The van der Waals surface area contributed by atoms with Crippen molar-refractivity contribution in [2.75, 3.05) is 0 Å². The Bertz CT molecular complexity index is 442. The molecule has 0 bridgehead atoms. The Balaban J connectivity index is 2.03. The second-order valence-corrected chi connectivity index (χ2v) is 5.26. The van der Waals surface area contributed by atoms with E-state index in [2.05, 4.69) is 6.92 Å². The molecule has 1 aromatic rings. The molecule has 1 saturated carbocycles. The topological polar surface area (TPSA) is 26.3 Å². The lowest BCUT2D eigenvalue weighted by atomic mass is 9.88.